The number of allylic oxidation sites excluding steroid dienone is 1. The van der Waals surface area contributed by atoms with Crippen molar-refractivity contribution in [3.8, 4) is 22.5 Å². The van der Waals surface area contributed by atoms with E-state index in [1.807, 2.05) is 59.2 Å². The highest BCUT2D eigenvalue weighted by molar-refractivity contribution is 7.99. The summed E-state index contributed by atoms with van der Waals surface area (Å²) in [5.41, 5.74) is 3.13. The zero-order valence-electron chi connectivity index (χ0n) is 17.4. The van der Waals surface area contributed by atoms with Gasteiger partial charge in [0, 0.05) is 46.0 Å². The van der Waals surface area contributed by atoms with E-state index in [0.717, 1.165) is 27.6 Å². The van der Waals surface area contributed by atoms with Crippen molar-refractivity contribution >= 4 is 34.3 Å². The smallest absolute Gasteiger partial charge is 0.263 e. The molecule has 0 aliphatic rings. The lowest BCUT2D eigenvalue weighted by atomic mass is 10.0. The Morgan fingerprint density at radius 3 is 2.58 bits per heavy atom. The van der Waals surface area contributed by atoms with Crippen LogP contribution in [0.5, 0.6) is 0 Å². The number of aromatic nitrogens is 5. The lowest BCUT2D eigenvalue weighted by Crippen LogP contribution is -2.11. The highest BCUT2D eigenvalue weighted by Gasteiger charge is 2.21. The predicted octanol–water partition coefficient (Wildman–Crippen LogP) is 5.84. The Morgan fingerprint density at radius 2 is 1.82 bits per heavy atom. The van der Waals surface area contributed by atoms with Crippen LogP contribution in [0.25, 0.3) is 33.4 Å². The van der Waals surface area contributed by atoms with Gasteiger partial charge in [-0.2, -0.15) is 0 Å². The lowest BCUT2D eigenvalue weighted by molar-refractivity contribution is 0.731. The van der Waals surface area contributed by atoms with E-state index in [2.05, 4.69) is 26.7 Å². The largest absolute Gasteiger partial charge is 0.321 e. The first-order chi connectivity index (χ1) is 16.2. The van der Waals surface area contributed by atoms with Crippen molar-refractivity contribution in [3.05, 3.63) is 101 Å². The Bertz CT molecular complexity index is 1510. The summed E-state index contributed by atoms with van der Waals surface area (Å²) in [6, 6.07) is 19.0. The van der Waals surface area contributed by atoms with E-state index in [9.17, 15) is 4.79 Å². The summed E-state index contributed by atoms with van der Waals surface area (Å²) in [6.45, 7) is 4.36. The van der Waals surface area contributed by atoms with Crippen molar-refractivity contribution in [2.24, 2.45) is 0 Å². The van der Waals surface area contributed by atoms with Crippen LogP contribution in [-0.2, 0) is 6.54 Å². The SMILES string of the molecule is C=CCn1c(Sc2c(-c3ccccc3)c3cc(Cl)ccc3[nH]c2=O)nnc1-c1ccncc1. The number of aromatic amines is 1. The molecule has 8 heteroatoms. The van der Waals surface area contributed by atoms with E-state index in [1.54, 1.807) is 24.5 Å². The second-order valence-electron chi connectivity index (χ2n) is 7.26. The average Bonchev–Trinajstić information content (AvgIpc) is 3.23. The van der Waals surface area contributed by atoms with Gasteiger partial charge in [0.1, 0.15) is 0 Å². The third-order valence-corrected chi connectivity index (χ3v) is 6.47. The minimum absolute atomic E-state index is 0.202. The van der Waals surface area contributed by atoms with Crippen molar-refractivity contribution in [1.29, 1.82) is 0 Å². The highest BCUT2D eigenvalue weighted by Crippen LogP contribution is 2.38. The number of fused-ring (bicyclic) bond motifs is 1. The Labute approximate surface area is 199 Å². The second-order valence-corrected chi connectivity index (χ2v) is 8.67. The van der Waals surface area contributed by atoms with Crippen molar-refractivity contribution < 1.29 is 0 Å². The summed E-state index contributed by atoms with van der Waals surface area (Å²) >= 11 is 7.60. The second kappa shape index (κ2) is 9.05. The number of H-pyrrole nitrogens is 1. The Hall–Kier alpha value is -3.68. The van der Waals surface area contributed by atoms with Crippen LogP contribution < -0.4 is 5.56 Å². The fourth-order valence-electron chi connectivity index (χ4n) is 3.70. The molecule has 3 heterocycles. The first-order valence-corrected chi connectivity index (χ1v) is 11.4. The van der Waals surface area contributed by atoms with Gasteiger partial charge < -0.3 is 4.98 Å². The summed E-state index contributed by atoms with van der Waals surface area (Å²) in [4.78, 5) is 20.9. The average molecular weight is 472 g/mol. The van der Waals surface area contributed by atoms with Gasteiger partial charge in [0.15, 0.2) is 11.0 Å². The molecule has 0 spiro atoms. The number of nitrogens with zero attached hydrogens (tertiary/aromatic N) is 4. The van der Waals surface area contributed by atoms with Gasteiger partial charge in [0.05, 0.1) is 4.90 Å². The number of hydrogen-bond acceptors (Lipinski definition) is 5. The van der Waals surface area contributed by atoms with Crippen molar-refractivity contribution in [3.63, 3.8) is 0 Å². The van der Waals surface area contributed by atoms with E-state index in [1.165, 1.54) is 11.8 Å². The molecule has 0 unspecified atom stereocenters. The Balaban J connectivity index is 1.72. The molecule has 0 amide bonds. The summed E-state index contributed by atoms with van der Waals surface area (Å²) in [6.07, 6.45) is 5.20. The van der Waals surface area contributed by atoms with E-state index in [4.69, 9.17) is 11.6 Å². The minimum Gasteiger partial charge on any atom is -0.321 e. The fourth-order valence-corrected chi connectivity index (χ4v) is 4.88. The zero-order valence-corrected chi connectivity index (χ0v) is 19.0. The molecule has 33 heavy (non-hydrogen) atoms. The topological polar surface area (TPSA) is 76.5 Å². The zero-order chi connectivity index (χ0) is 22.8. The fraction of sp³-hybridized carbons (Fsp3) is 0.0400. The number of nitrogens with one attached hydrogen (secondary N) is 1. The van der Waals surface area contributed by atoms with Gasteiger partial charge in [-0.15, -0.1) is 16.8 Å². The maximum Gasteiger partial charge on any atom is 0.263 e. The maximum atomic E-state index is 13.3. The molecule has 162 valence electrons. The van der Waals surface area contributed by atoms with Crippen LogP contribution in [-0.4, -0.2) is 24.7 Å². The quantitative estimate of drug-likeness (QED) is 0.315. The van der Waals surface area contributed by atoms with Crippen LogP contribution in [0.1, 0.15) is 0 Å². The van der Waals surface area contributed by atoms with E-state index in [0.29, 0.717) is 27.4 Å². The van der Waals surface area contributed by atoms with Crippen LogP contribution in [0.15, 0.2) is 101 Å². The van der Waals surface area contributed by atoms with Gasteiger partial charge in [-0.05, 0) is 47.7 Å². The molecule has 5 rings (SSSR count). The molecule has 6 nitrogen and oxygen atoms in total. The van der Waals surface area contributed by atoms with Gasteiger partial charge in [0.2, 0.25) is 0 Å². The molecule has 3 aromatic heterocycles. The van der Waals surface area contributed by atoms with Gasteiger partial charge in [-0.3, -0.25) is 14.3 Å². The molecule has 0 bridgehead atoms. The Kier molecular flexibility index (Phi) is 5.81. The number of hydrogen-bond donors (Lipinski definition) is 1. The molecule has 1 N–H and O–H groups in total. The number of halogens is 1. The highest BCUT2D eigenvalue weighted by atomic mass is 35.5. The van der Waals surface area contributed by atoms with E-state index < -0.39 is 0 Å². The first kappa shape index (κ1) is 21.2. The predicted molar refractivity (Wildman–Crippen MR) is 133 cm³/mol. The van der Waals surface area contributed by atoms with Gasteiger partial charge >= 0.3 is 0 Å². The number of rotatable bonds is 6. The molecule has 0 aliphatic heterocycles. The standard InChI is InChI=1S/C25H18ClN5OS/c1-2-14-31-23(17-10-12-27-13-11-17)29-30-25(31)33-22-21(16-6-4-3-5-7-16)19-15-18(26)8-9-20(19)28-24(22)32/h2-13,15H,1,14H2,(H,28,32). The molecule has 2 aromatic carbocycles. The molecule has 0 aliphatic carbocycles. The molecule has 0 radical (unpaired) electrons. The lowest BCUT2D eigenvalue weighted by Gasteiger charge is -2.13. The molecule has 5 aromatic rings. The summed E-state index contributed by atoms with van der Waals surface area (Å²) in [5, 5.41) is 10.8. The van der Waals surface area contributed by atoms with Crippen LogP contribution >= 0.6 is 23.4 Å². The minimum atomic E-state index is -0.202. The third kappa shape index (κ3) is 4.08. The van der Waals surface area contributed by atoms with Gasteiger partial charge in [-0.25, -0.2) is 0 Å². The van der Waals surface area contributed by atoms with Crippen molar-refractivity contribution in [2.45, 2.75) is 16.6 Å². The molecular weight excluding hydrogens is 454 g/mol. The molecule has 0 saturated heterocycles. The normalized spacial score (nSPS) is 11.1. The van der Waals surface area contributed by atoms with Gasteiger partial charge in [-0.1, -0.05) is 48.0 Å². The van der Waals surface area contributed by atoms with Gasteiger partial charge in [0.25, 0.3) is 5.56 Å². The molecule has 0 saturated carbocycles. The number of pyridine rings is 2. The summed E-state index contributed by atoms with van der Waals surface area (Å²) < 4.78 is 1.93. The molecule has 0 fully saturated rings. The summed E-state index contributed by atoms with van der Waals surface area (Å²) in [5.74, 6) is 0.682. The van der Waals surface area contributed by atoms with Crippen LogP contribution in [0.3, 0.4) is 0 Å². The van der Waals surface area contributed by atoms with E-state index >= 15 is 0 Å². The van der Waals surface area contributed by atoms with E-state index in [-0.39, 0.29) is 5.56 Å². The third-order valence-electron chi connectivity index (χ3n) is 5.16. The molecular formula is C25H18ClN5OS. The maximum absolute atomic E-state index is 13.3. The summed E-state index contributed by atoms with van der Waals surface area (Å²) in [7, 11) is 0. The molecule has 0 atom stereocenters. The van der Waals surface area contributed by atoms with Crippen LogP contribution in [0, 0.1) is 0 Å². The number of benzene rings is 2. The van der Waals surface area contributed by atoms with Crippen molar-refractivity contribution in [2.75, 3.05) is 0 Å². The van der Waals surface area contributed by atoms with Crippen LogP contribution in [0.4, 0.5) is 0 Å². The first-order valence-electron chi connectivity index (χ1n) is 10.2. The Morgan fingerprint density at radius 1 is 1.03 bits per heavy atom. The van der Waals surface area contributed by atoms with Crippen LogP contribution in [0.2, 0.25) is 5.02 Å². The monoisotopic (exact) mass is 471 g/mol. The van der Waals surface area contributed by atoms with Crippen molar-refractivity contribution in [1.82, 2.24) is 24.7 Å².